The van der Waals surface area contributed by atoms with Crippen LogP contribution in [0.2, 0.25) is 0 Å². The molecule has 2 aromatic rings. The summed E-state index contributed by atoms with van der Waals surface area (Å²) in [5, 5.41) is 0. The number of methoxy groups -OCH3 is 1. The Morgan fingerprint density at radius 1 is 1.07 bits per heavy atom. The summed E-state index contributed by atoms with van der Waals surface area (Å²) >= 11 is 0. The minimum absolute atomic E-state index is 0.0869. The lowest BCUT2D eigenvalue weighted by molar-refractivity contribution is -0.248. The van der Waals surface area contributed by atoms with E-state index in [1.165, 1.54) is 0 Å². The molecule has 1 aromatic carbocycles. The highest BCUT2D eigenvalue weighted by atomic mass is 16.7. The van der Waals surface area contributed by atoms with Crippen molar-refractivity contribution in [2.24, 2.45) is 23.2 Å². The van der Waals surface area contributed by atoms with E-state index in [1.807, 2.05) is 52.8 Å². The largest absolute Gasteiger partial charge is 0.497 e. The van der Waals surface area contributed by atoms with Crippen molar-refractivity contribution in [2.75, 3.05) is 20.3 Å². The molecule has 1 aromatic heterocycles. The molecule has 2 bridgehead atoms. The van der Waals surface area contributed by atoms with Crippen LogP contribution >= 0.6 is 0 Å². The number of hydrogen-bond donors (Lipinski definition) is 0. The summed E-state index contributed by atoms with van der Waals surface area (Å²) in [5.74, 6) is -1.37. The molecule has 3 heterocycles. The molecule has 1 aliphatic carbocycles. The second-order valence-electron chi connectivity index (χ2n) is 14.2. The Balaban J connectivity index is 1.55. The zero-order valence-corrected chi connectivity index (χ0v) is 28.4. The number of esters is 1. The lowest BCUT2D eigenvalue weighted by atomic mass is 9.77. The Morgan fingerprint density at radius 2 is 1.85 bits per heavy atom. The van der Waals surface area contributed by atoms with E-state index < -0.39 is 35.2 Å². The van der Waals surface area contributed by atoms with Gasteiger partial charge in [0, 0.05) is 30.9 Å². The highest BCUT2D eigenvalue weighted by Gasteiger charge is 2.50. The average Bonchev–Trinajstić information content (AvgIpc) is 3.58. The van der Waals surface area contributed by atoms with Crippen molar-refractivity contribution in [3.8, 4) is 11.6 Å². The summed E-state index contributed by atoms with van der Waals surface area (Å²) in [4.78, 5) is 52.2. The number of rotatable bonds is 5. The van der Waals surface area contributed by atoms with Crippen LogP contribution in [-0.4, -0.2) is 71.2 Å². The van der Waals surface area contributed by atoms with Crippen molar-refractivity contribution >= 4 is 29.2 Å². The van der Waals surface area contributed by atoms with Crippen LogP contribution in [0, 0.1) is 23.2 Å². The topological polar surface area (TPSA) is 117 Å². The Hall–Kier alpha value is -3.27. The Bertz CT molecular complexity index is 1410. The fraction of sp³-hybridized carbons (Fsp3) is 0.694. The second kappa shape index (κ2) is 14.2. The van der Waals surface area contributed by atoms with Gasteiger partial charge in [0.25, 0.3) is 0 Å². The highest BCUT2D eigenvalue weighted by molar-refractivity contribution is 5.87. The van der Waals surface area contributed by atoms with Gasteiger partial charge in [0.1, 0.15) is 23.8 Å². The van der Waals surface area contributed by atoms with Crippen LogP contribution in [-0.2, 0) is 30.3 Å². The first-order valence-electron chi connectivity index (χ1n) is 17.2. The van der Waals surface area contributed by atoms with E-state index in [1.54, 1.807) is 12.0 Å². The molecule has 10 heteroatoms. The van der Waals surface area contributed by atoms with Crippen LogP contribution in [0.15, 0.2) is 18.2 Å². The molecule has 0 radical (unpaired) electrons. The Kier molecular flexibility index (Phi) is 10.5. The van der Waals surface area contributed by atoms with Crippen molar-refractivity contribution in [3.05, 3.63) is 23.9 Å². The number of aryl methyl sites for hydroxylation is 1. The van der Waals surface area contributed by atoms with Gasteiger partial charge in [-0.2, -0.15) is 0 Å². The van der Waals surface area contributed by atoms with E-state index in [0.717, 1.165) is 56.0 Å². The molecule has 1 amide bonds. The third-order valence-electron chi connectivity index (χ3n) is 10.3. The zero-order valence-electron chi connectivity index (χ0n) is 28.4. The number of hydrogen-bond acceptors (Lipinski definition) is 9. The molecule has 46 heavy (non-hydrogen) atoms. The van der Waals surface area contributed by atoms with Gasteiger partial charge in [-0.1, -0.05) is 40.5 Å². The number of aldehydes is 1. The van der Waals surface area contributed by atoms with Gasteiger partial charge in [-0.25, -0.2) is 9.97 Å². The second-order valence-corrected chi connectivity index (χ2v) is 14.2. The SMILES string of the molecule is CCO[C@@]12CCC[C@H]1CCCCCc1nc3ccc(OC)cc3nc1O[C@H]1CN(C(=O)[C@H](C(C)(C)C)CC(=O)O2)[C@H](C=O)[C@@H]1CC. The maximum Gasteiger partial charge on any atom is 0.309 e. The van der Waals surface area contributed by atoms with Crippen LogP contribution in [0.1, 0.15) is 98.1 Å². The van der Waals surface area contributed by atoms with Crippen LogP contribution < -0.4 is 9.47 Å². The number of carbonyl (C=O) groups is 3. The van der Waals surface area contributed by atoms with Crippen LogP contribution in [0.3, 0.4) is 0 Å². The summed E-state index contributed by atoms with van der Waals surface area (Å²) in [6, 6.07) is 4.93. The predicted molar refractivity (Wildman–Crippen MR) is 173 cm³/mol. The van der Waals surface area contributed by atoms with Crippen molar-refractivity contribution in [3.63, 3.8) is 0 Å². The third-order valence-corrected chi connectivity index (χ3v) is 10.3. The molecule has 0 N–H and O–H groups in total. The number of nitrogens with zero attached hydrogens (tertiary/aromatic N) is 3. The Morgan fingerprint density at radius 3 is 2.54 bits per heavy atom. The molecule has 1 saturated heterocycles. The van der Waals surface area contributed by atoms with Gasteiger partial charge < -0.3 is 28.6 Å². The molecule has 0 unspecified atom stereocenters. The lowest BCUT2D eigenvalue weighted by Gasteiger charge is -2.37. The van der Waals surface area contributed by atoms with Gasteiger partial charge in [0.15, 0.2) is 0 Å². The maximum absolute atomic E-state index is 14.4. The average molecular weight is 638 g/mol. The minimum atomic E-state index is -0.966. The van der Waals surface area contributed by atoms with E-state index >= 15 is 0 Å². The summed E-state index contributed by atoms with van der Waals surface area (Å²) in [7, 11) is 1.61. The van der Waals surface area contributed by atoms with E-state index in [0.29, 0.717) is 43.0 Å². The van der Waals surface area contributed by atoms with Crippen molar-refractivity contribution < 1.29 is 33.3 Å². The molecule has 10 nitrogen and oxygen atoms in total. The molecular formula is C36H51N3O7. The molecule has 0 spiro atoms. The zero-order chi connectivity index (χ0) is 33.1. The minimum Gasteiger partial charge on any atom is -0.497 e. The molecule has 2 aliphatic heterocycles. The first-order valence-corrected chi connectivity index (χ1v) is 17.2. The lowest BCUT2D eigenvalue weighted by Crippen LogP contribution is -2.47. The summed E-state index contributed by atoms with van der Waals surface area (Å²) in [6.07, 6.45) is 7.81. The summed E-state index contributed by atoms with van der Waals surface area (Å²) < 4.78 is 24.6. The number of ether oxygens (including phenoxy) is 4. The maximum atomic E-state index is 14.4. The fourth-order valence-corrected chi connectivity index (χ4v) is 7.73. The smallest absolute Gasteiger partial charge is 0.309 e. The standard InChI is InChI=1S/C36H51N3O7/c1-7-25-30(22-40)39-21-31(25)45-33-28(37-27-17-16-24(43-6)19-29(27)38-33)15-11-9-10-13-23-14-12-18-36(23,44-8-2)46-32(41)20-26(34(39)42)35(3,4)5/h16-17,19,22-23,25-26,30-31H,7-15,18,20-21H2,1-6H3/t23-,25+,26-,30-,31+,36-/m1/s1. The number of benzene rings is 1. The molecule has 3 aliphatic rings. The van der Waals surface area contributed by atoms with E-state index in [2.05, 4.69) is 0 Å². The van der Waals surface area contributed by atoms with E-state index in [4.69, 9.17) is 28.9 Å². The van der Waals surface area contributed by atoms with Gasteiger partial charge in [-0.15, -0.1) is 0 Å². The predicted octanol–water partition coefficient (Wildman–Crippen LogP) is 6.07. The Labute approximate surface area is 272 Å². The first-order chi connectivity index (χ1) is 22.0. The van der Waals surface area contributed by atoms with Crippen molar-refractivity contribution in [2.45, 2.75) is 117 Å². The summed E-state index contributed by atoms with van der Waals surface area (Å²) in [6.45, 7) is 10.4. The van der Waals surface area contributed by atoms with Gasteiger partial charge in [0.2, 0.25) is 17.6 Å². The van der Waals surface area contributed by atoms with E-state index in [9.17, 15) is 14.4 Å². The van der Waals surface area contributed by atoms with Gasteiger partial charge in [-0.3, -0.25) is 9.59 Å². The van der Waals surface area contributed by atoms with Crippen LogP contribution in [0.4, 0.5) is 0 Å². The first kappa shape index (κ1) is 34.1. The van der Waals surface area contributed by atoms with Crippen LogP contribution in [0.5, 0.6) is 11.6 Å². The quantitative estimate of drug-likeness (QED) is 0.285. The molecule has 6 atom stereocenters. The molecular weight excluding hydrogens is 586 g/mol. The molecule has 5 rings (SSSR count). The normalized spacial score (nSPS) is 29.7. The van der Waals surface area contributed by atoms with Gasteiger partial charge >= 0.3 is 5.97 Å². The monoisotopic (exact) mass is 637 g/mol. The molecule has 1 saturated carbocycles. The fourth-order valence-electron chi connectivity index (χ4n) is 7.73. The van der Waals surface area contributed by atoms with Gasteiger partial charge in [0.05, 0.1) is 43.1 Å². The van der Waals surface area contributed by atoms with E-state index in [-0.39, 0.29) is 30.7 Å². The van der Waals surface area contributed by atoms with Crippen molar-refractivity contribution in [1.29, 1.82) is 0 Å². The highest BCUT2D eigenvalue weighted by Crippen LogP contribution is 2.44. The van der Waals surface area contributed by atoms with Gasteiger partial charge in [-0.05, 0) is 63.0 Å². The number of aromatic nitrogens is 2. The number of amides is 1. The third kappa shape index (κ3) is 7.02. The molecule has 2 fully saturated rings. The number of fused-ring (bicyclic) bond motifs is 5. The van der Waals surface area contributed by atoms with Crippen molar-refractivity contribution in [1.82, 2.24) is 14.9 Å². The molecule has 252 valence electrons. The van der Waals surface area contributed by atoms with Crippen LogP contribution in [0.25, 0.3) is 11.0 Å². The summed E-state index contributed by atoms with van der Waals surface area (Å²) in [5.41, 5.74) is 1.63. The number of carbonyl (C=O) groups excluding carboxylic acids is 3.